The summed E-state index contributed by atoms with van der Waals surface area (Å²) in [4.78, 5) is 20.6. The van der Waals surface area contributed by atoms with Crippen molar-refractivity contribution in [2.45, 2.75) is 26.3 Å². The molecule has 0 amide bonds. The zero-order valence-corrected chi connectivity index (χ0v) is 8.92. The number of nitrogens with one attached hydrogen (secondary N) is 1. The van der Waals surface area contributed by atoms with Crippen molar-refractivity contribution in [1.82, 2.24) is 14.9 Å². The van der Waals surface area contributed by atoms with Crippen LogP contribution in [0.1, 0.15) is 24.6 Å². The Hall–Kier alpha value is -1.36. The summed E-state index contributed by atoms with van der Waals surface area (Å²) < 4.78 is 0. The zero-order chi connectivity index (χ0) is 10.8. The van der Waals surface area contributed by atoms with Gasteiger partial charge in [0.15, 0.2) is 0 Å². The maximum Gasteiger partial charge on any atom is 0.255 e. The van der Waals surface area contributed by atoms with Gasteiger partial charge in [0.2, 0.25) is 5.95 Å². The fourth-order valence-electron chi connectivity index (χ4n) is 2.02. The Morgan fingerprint density at radius 1 is 1.60 bits per heavy atom. The number of nitrogens with two attached hydrogens (primary N) is 1. The summed E-state index contributed by atoms with van der Waals surface area (Å²) in [7, 11) is 0. The van der Waals surface area contributed by atoms with Crippen LogP contribution in [0, 0.1) is 0 Å². The first-order valence-electron chi connectivity index (χ1n) is 5.30. The van der Waals surface area contributed by atoms with Crippen LogP contribution >= 0.6 is 0 Å². The number of nitrogens with zero attached hydrogens (tertiary/aromatic N) is 2. The molecule has 3 N–H and O–H groups in total. The number of aromatic nitrogens is 2. The Morgan fingerprint density at radius 3 is 3.13 bits per heavy atom. The van der Waals surface area contributed by atoms with Crippen molar-refractivity contribution in [3.63, 3.8) is 0 Å². The molecule has 0 bridgehead atoms. The largest absolute Gasteiger partial charge is 0.369 e. The first-order chi connectivity index (χ1) is 7.20. The van der Waals surface area contributed by atoms with Crippen molar-refractivity contribution >= 4 is 5.95 Å². The van der Waals surface area contributed by atoms with E-state index in [1.807, 2.05) is 0 Å². The van der Waals surface area contributed by atoms with Gasteiger partial charge in [0, 0.05) is 18.7 Å². The van der Waals surface area contributed by atoms with Crippen LogP contribution in [0.3, 0.4) is 0 Å². The van der Waals surface area contributed by atoms with Crippen LogP contribution < -0.4 is 11.3 Å². The first-order valence-corrected chi connectivity index (χ1v) is 5.30. The van der Waals surface area contributed by atoms with Gasteiger partial charge in [0.1, 0.15) is 0 Å². The van der Waals surface area contributed by atoms with Crippen LogP contribution in [0.2, 0.25) is 0 Å². The van der Waals surface area contributed by atoms with Gasteiger partial charge in [-0.25, -0.2) is 4.98 Å². The number of anilines is 1. The number of fused-ring (bicyclic) bond motifs is 1. The Balaban J connectivity index is 2.29. The van der Waals surface area contributed by atoms with Gasteiger partial charge in [-0.2, -0.15) is 0 Å². The molecule has 1 aliphatic rings. The molecule has 1 aromatic heterocycles. The number of hydrogen-bond donors (Lipinski definition) is 2. The minimum Gasteiger partial charge on any atom is -0.369 e. The highest BCUT2D eigenvalue weighted by atomic mass is 16.1. The summed E-state index contributed by atoms with van der Waals surface area (Å²) in [6, 6.07) is 0. The second kappa shape index (κ2) is 4.02. The molecule has 5 nitrogen and oxygen atoms in total. The molecule has 1 aliphatic heterocycles. The Labute approximate surface area is 88.3 Å². The van der Waals surface area contributed by atoms with E-state index in [0.29, 0.717) is 0 Å². The standard InChI is InChI=1S/C10H16N4O/c1-2-4-14-5-3-7-8(6-14)12-10(11)13-9(7)15/h2-6H2,1H3,(H3,11,12,13,15). The van der Waals surface area contributed by atoms with E-state index in [4.69, 9.17) is 5.73 Å². The van der Waals surface area contributed by atoms with Gasteiger partial charge in [-0.1, -0.05) is 6.92 Å². The molecule has 0 atom stereocenters. The SMILES string of the molecule is CCCN1CCc2c(nc(N)[nH]c2=O)C1. The number of nitrogen functional groups attached to an aromatic ring is 1. The number of H-pyrrole nitrogens is 1. The van der Waals surface area contributed by atoms with Crippen molar-refractivity contribution in [2.75, 3.05) is 18.8 Å². The van der Waals surface area contributed by atoms with Gasteiger partial charge in [-0.05, 0) is 19.4 Å². The molecule has 0 saturated carbocycles. The Kier molecular flexibility index (Phi) is 2.73. The molecule has 0 fully saturated rings. The average Bonchev–Trinajstić information content (AvgIpc) is 2.17. The second-order valence-electron chi connectivity index (χ2n) is 3.90. The number of hydrogen-bond acceptors (Lipinski definition) is 4. The van der Waals surface area contributed by atoms with Crippen LogP contribution in [0.4, 0.5) is 5.95 Å². The minimum absolute atomic E-state index is 0.0753. The molecule has 15 heavy (non-hydrogen) atoms. The first kappa shape index (κ1) is 10.2. The fourth-order valence-corrected chi connectivity index (χ4v) is 2.02. The van der Waals surface area contributed by atoms with Crippen LogP contribution in [0.15, 0.2) is 4.79 Å². The van der Waals surface area contributed by atoms with Crippen LogP contribution in [0.25, 0.3) is 0 Å². The molecule has 2 rings (SSSR count). The molecular formula is C10H16N4O. The van der Waals surface area contributed by atoms with Gasteiger partial charge in [-0.3, -0.25) is 14.7 Å². The monoisotopic (exact) mass is 208 g/mol. The molecule has 0 aromatic carbocycles. The molecule has 0 radical (unpaired) electrons. The maximum absolute atomic E-state index is 11.6. The molecule has 0 spiro atoms. The van der Waals surface area contributed by atoms with Gasteiger partial charge < -0.3 is 5.73 Å². The molecule has 2 heterocycles. The normalized spacial score (nSPS) is 16.3. The van der Waals surface area contributed by atoms with E-state index in [-0.39, 0.29) is 11.5 Å². The third-order valence-electron chi connectivity index (χ3n) is 2.71. The molecule has 1 aromatic rings. The van der Waals surface area contributed by atoms with E-state index >= 15 is 0 Å². The molecule has 0 unspecified atom stereocenters. The molecule has 5 heteroatoms. The second-order valence-corrected chi connectivity index (χ2v) is 3.90. The third-order valence-corrected chi connectivity index (χ3v) is 2.71. The topological polar surface area (TPSA) is 75.0 Å². The Morgan fingerprint density at radius 2 is 2.40 bits per heavy atom. The van der Waals surface area contributed by atoms with Gasteiger partial charge in [-0.15, -0.1) is 0 Å². The van der Waals surface area contributed by atoms with Crippen LogP contribution in [-0.4, -0.2) is 28.0 Å². The lowest BCUT2D eigenvalue weighted by Crippen LogP contribution is -2.35. The van der Waals surface area contributed by atoms with E-state index in [1.54, 1.807) is 0 Å². The predicted octanol–water partition coefficient (Wildman–Crippen LogP) is 0.120. The molecule has 0 saturated heterocycles. The lowest BCUT2D eigenvalue weighted by atomic mass is 10.1. The lowest BCUT2D eigenvalue weighted by Gasteiger charge is -2.26. The van der Waals surface area contributed by atoms with Crippen LogP contribution in [0.5, 0.6) is 0 Å². The van der Waals surface area contributed by atoms with E-state index in [2.05, 4.69) is 21.8 Å². The van der Waals surface area contributed by atoms with E-state index in [9.17, 15) is 4.79 Å². The molecule has 82 valence electrons. The van der Waals surface area contributed by atoms with Gasteiger partial charge in [0.05, 0.1) is 5.69 Å². The summed E-state index contributed by atoms with van der Waals surface area (Å²) in [5.41, 5.74) is 7.09. The van der Waals surface area contributed by atoms with Crippen molar-refractivity contribution < 1.29 is 0 Å². The Bertz CT molecular complexity index is 412. The molecule has 0 aliphatic carbocycles. The number of aromatic amines is 1. The smallest absolute Gasteiger partial charge is 0.255 e. The third kappa shape index (κ3) is 2.02. The van der Waals surface area contributed by atoms with Gasteiger partial charge >= 0.3 is 0 Å². The quantitative estimate of drug-likeness (QED) is 0.724. The average molecular weight is 208 g/mol. The van der Waals surface area contributed by atoms with Crippen molar-refractivity contribution in [3.8, 4) is 0 Å². The summed E-state index contributed by atoms with van der Waals surface area (Å²) in [5.74, 6) is 0.220. The predicted molar refractivity (Wildman–Crippen MR) is 58.5 cm³/mol. The maximum atomic E-state index is 11.6. The van der Waals surface area contributed by atoms with Crippen molar-refractivity contribution in [3.05, 3.63) is 21.6 Å². The van der Waals surface area contributed by atoms with E-state index in [1.165, 1.54) is 0 Å². The summed E-state index contributed by atoms with van der Waals surface area (Å²) in [5, 5.41) is 0. The van der Waals surface area contributed by atoms with Crippen molar-refractivity contribution in [1.29, 1.82) is 0 Å². The number of rotatable bonds is 2. The zero-order valence-electron chi connectivity index (χ0n) is 8.92. The highest BCUT2D eigenvalue weighted by Crippen LogP contribution is 2.13. The summed E-state index contributed by atoms with van der Waals surface area (Å²) >= 11 is 0. The van der Waals surface area contributed by atoms with Crippen molar-refractivity contribution in [2.24, 2.45) is 0 Å². The van der Waals surface area contributed by atoms with Crippen LogP contribution in [-0.2, 0) is 13.0 Å². The van der Waals surface area contributed by atoms with E-state index < -0.39 is 0 Å². The summed E-state index contributed by atoms with van der Waals surface area (Å²) in [6.07, 6.45) is 1.89. The van der Waals surface area contributed by atoms with Gasteiger partial charge in [0.25, 0.3) is 5.56 Å². The van der Waals surface area contributed by atoms with E-state index in [0.717, 1.165) is 43.7 Å². The lowest BCUT2D eigenvalue weighted by molar-refractivity contribution is 0.250. The summed E-state index contributed by atoms with van der Waals surface area (Å²) in [6.45, 7) is 4.88. The fraction of sp³-hybridized carbons (Fsp3) is 0.600. The molecular weight excluding hydrogens is 192 g/mol. The highest BCUT2D eigenvalue weighted by Gasteiger charge is 2.19. The highest BCUT2D eigenvalue weighted by molar-refractivity contribution is 5.27. The minimum atomic E-state index is -0.0753.